The van der Waals surface area contributed by atoms with Gasteiger partial charge in [0.05, 0.1) is 12.0 Å². The van der Waals surface area contributed by atoms with E-state index in [9.17, 15) is 13.2 Å². The maximum atomic E-state index is 13.3. The minimum absolute atomic E-state index is 0.170. The lowest BCUT2D eigenvalue weighted by Crippen LogP contribution is -2.42. The summed E-state index contributed by atoms with van der Waals surface area (Å²) in [5.74, 6) is 0.583. The molecule has 0 radical (unpaired) electrons. The number of urea groups is 1. The maximum Gasteiger partial charge on any atom is 0.321 e. The van der Waals surface area contributed by atoms with Crippen LogP contribution < -0.4 is 4.74 Å². The van der Waals surface area contributed by atoms with Gasteiger partial charge in [-0.05, 0) is 29.8 Å². The summed E-state index contributed by atoms with van der Waals surface area (Å²) < 4.78 is 33.1. The summed E-state index contributed by atoms with van der Waals surface area (Å²) in [6.07, 6.45) is -0.687. The lowest BCUT2D eigenvalue weighted by molar-refractivity contribution is 0.151. The Hall–Kier alpha value is -2.58. The zero-order valence-electron chi connectivity index (χ0n) is 15.6. The van der Waals surface area contributed by atoms with Crippen molar-refractivity contribution < 1.29 is 17.9 Å². The first-order valence-corrected chi connectivity index (χ1v) is 9.99. The van der Waals surface area contributed by atoms with Crippen LogP contribution in [0.5, 0.6) is 5.75 Å². The summed E-state index contributed by atoms with van der Waals surface area (Å²) in [7, 11) is 1.06. The van der Waals surface area contributed by atoms with Crippen molar-refractivity contribution in [3.05, 3.63) is 60.2 Å². The van der Waals surface area contributed by atoms with Gasteiger partial charge in [0.2, 0.25) is 10.0 Å². The summed E-state index contributed by atoms with van der Waals surface area (Å²) >= 11 is 0. The number of carbonyl (C=O) groups is 1. The molecule has 3 rings (SSSR count). The number of amides is 2. The van der Waals surface area contributed by atoms with Crippen molar-refractivity contribution in [3.63, 3.8) is 0 Å². The Bertz CT molecular complexity index is 898. The average molecular weight is 389 g/mol. The van der Waals surface area contributed by atoms with E-state index in [0.717, 1.165) is 5.56 Å². The van der Waals surface area contributed by atoms with Crippen LogP contribution in [0.4, 0.5) is 4.79 Å². The lowest BCUT2D eigenvalue weighted by atomic mass is 10.1. The molecule has 0 N–H and O–H groups in total. The highest BCUT2D eigenvalue weighted by Crippen LogP contribution is 2.35. The zero-order valence-corrected chi connectivity index (χ0v) is 16.4. The minimum Gasteiger partial charge on any atom is -0.497 e. The standard InChI is InChI=1S/C19H23N3O4S/c1-20(2)19(23)21-13-14-22(18(21)15-7-5-4-6-8-15)27(24,25)17-11-9-16(26-3)10-12-17/h4-12,18H,13-14H2,1-3H3/t18-/m0/s1. The number of hydrogen-bond donors (Lipinski definition) is 0. The summed E-state index contributed by atoms with van der Waals surface area (Å²) in [6.45, 7) is 0.555. The van der Waals surface area contributed by atoms with Gasteiger partial charge in [0.15, 0.2) is 0 Å². The molecule has 8 heteroatoms. The number of carbonyl (C=O) groups excluding carboxylic acids is 1. The van der Waals surface area contributed by atoms with Crippen LogP contribution in [-0.4, -0.2) is 62.8 Å². The Morgan fingerprint density at radius 1 is 1.04 bits per heavy atom. The average Bonchev–Trinajstić information content (AvgIpc) is 3.13. The zero-order chi connectivity index (χ0) is 19.6. The van der Waals surface area contributed by atoms with Gasteiger partial charge in [0.25, 0.3) is 0 Å². The topological polar surface area (TPSA) is 70.2 Å². The van der Waals surface area contributed by atoms with Crippen LogP contribution in [0.15, 0.2) is 59.5 Å². The Kier molecular flexibility index (Phi) is 5.38. The van der Waals surface area contributed by atoms with E-state index in [1.807, 2.05) is 30.3 Å². The van der Waals surface area contributed by atoms with E-state index in [2.05, 4.69) is 0 Å². The second-order valence-electron chi connectivity index (χ2n) is 6.45. The van der Waals surface area contributed by atoms with E-state index in [0.29, 0.717) is 12.3 Å². The molecule has 0 saturated carbocycles. The number of benzene rings is 2. The van der Waals surface area contributed by atoms with E-state index in [-0.39, 0.29) is 17.5 Å². The molecule has 0 spiro atoms. The van der Waals surface area contributed by atoms with Crippen molar-refractivity contribution in [2.45, 2.75) is 11.1 Å². The number of sulfonamides is 1. The molecule has 2 amide bonds. The van der Waals surface area contributed by atoms with Crippen LogP contribution in [0.2, 0.25) is 0 Å². The Balaban J connectivity index is 2.03. The summed E-state index contributed by atoms with van der Waals surface area (Å²) in [5.41, 5.74) is 0.752. The number of hydrogen-bond acceptors (Lipinski definition) is 4. The molecule has 1 atom stereocenters. The van der Waals surface area contributed by atoms with E-state index in [1.54, 1.807) is 31.1 Å². The lowest BCUT2D eigenvalue weighted by Gasteiger charge is -2.31. The molecule has 1 aliphatic heterocycles. The normalized spacial score (nSPS) is 17.7. The second kappa shape index (κ2) is 7.58. The van der Waals surface area contributed by atoms with E-state index < -0.39 is 16.2 Å². The first-order chi connectivity index (χ1) is 12.9. The molecular weight excluding hydrogens is 366 g/mol. The van der Waals surface area contributed by atoms with Crippen molar-refractivity contribution >= 4 is 16.1 Å². The number of nitrogens with zero attached hydrogens (tertiary/aromatic N) is 3. The van der Waals surface area contributed by atoms with Crippen LogP contribution >= 0.6 is 0 Å². The fourth-order valence-electron chi connectivity index (χ4n) is 3.17. The van der Waals surface area contributed by atoms with Gasteiger partial charge >= 0.3 is 6.03 Å². The van der Waals surface area contributed by atoms with Crippen LogP contribution in [0.25, 0.3) is 0 Å². The van der Waals surface area contributed by atoms with Crippen molar-refractivity contribution in [3.8, 4) is 5.75 Å². The quantitative estimate of drug-likeness (QED) is 0.805. The van der Waals surface area contributed by atoms with Gasteiger partial charge in [-0.15, -0.1) is 0 Å². The summed E-state index contributed by atoms with van der Waals surface area (Å²) in [4.78, 5) is 15.8. The van der Waals surface area contributed by atoms with E-state index in [4.69, 9.17) is 4.74 Å². The molecule has 0 bridgehead atoms. The first-order valence-electron chi connectivity index (χ1n) is 8.55. The maximum absolute atomic E-state index is 13.3. The number of methoxy groups -OCH3 is 1. The minimum atomic E-state index is -3.79. The molecule has 7 nitrogen and oxygen atoms in total. The molecule has 1 fully saturated rings. The fraction of sp³-hybridized carbons (Fsp3) is 0.316. The van der Waals surface area contributed by atoms with Gasteiger partial charge in [0, 0.05) is 27.2 Å². The summed E-state index contributed by atoms with van der Waals surface area (Å²) in [5, 5.41) is 0. The third kappa shape index (κ3) is 3.63. The largest absolute Gasteiger partial charge is 0.497 e. The SMILES string of the molecule is COc1ccc(S(=O)(=O)N2CCN(C(=O)N(C)C)[C@@H]2c2ccccc2)cc1. The van der Waals surface area contributed by atoms with Crippen molar-refractivity contribution in [1.82, 2.24) is 14.1 Å². The molecule has 2 aromatic rings. The van der Waals surface area contributed by atoms with Gasteiger partial charge in [0.1, 0.15) is 11.9 Å². The number of ether oxygens (including phenoxy) is 1. The Morgan fingerprint density at radius 3 is 2.22 bits per heavy atom. The van der Waals surface area contributed by atoms with Crippen LogP contribution in [-0.2, 0) is 10.0 Å². The van der Waals surface area contributed by atoms with Crippen molar-refractivity contribution in [2.75, 3.05) is 34.3 Å². The first kappa shape index (κ1) is 19.2. The van der Waals surface area contributed by atoms with Gasteiger partial charge in [-0.1, -0.05) is 30.3 Å². The van der Waals surface area contributed by atoms with E-state index in [1.165, 1.54) is 28.4 Å². The smallest absolute Gasteiger partial charge is 0.321 e. The third-order valence-electron chi connectivity index (χ3n) is 4.52. The number of rotatable bonds is 4. The van der Waals surface area contributed by atoms with Gasteiger partial charge in [-0.2, -0.15) is 4.31 Å². The molecule has 0 aromatic heterocycles. The van der Waals surface area contributed by atoms with Crippen molar-refractivity contribution in [2.24, 2.45) is 0 Å². The van der Waals surface area contributed by atoms with Gasteiger partial charge < -0.3 is 14.5 Å². The Labute approximate surface area is 159 Å². The predicted octanol–water partition coefficient (Wildman–Crippen LogP) is 2.38. The monoisotopic (exact) mass is 389 g/mol. The third-order valence-corrected chi connectivity index (χ3v) is 6.39. The van der Waals surface area contributed by atoms with Gasteiger partial charge in [-0.3, -0.25) is 0 Å². The molecule has 2 aromatic carbocycles. The second-order valence-corrected chi connectivity index (χ2v) is 8.34. The highest BCUT2D eigenvalue weighted by atomic mass is 32.2. The molecule has 1 aliphatic rings. The molecule has 144 valence electrons. The van der Waals surface area contributed by atoms with Gasteiger partial charge in [-0.25, -0.2) is 13.2 Å². The Morgan fingerprint density at radius 2 is 1.67 bits per heavy atom. The van der Waals surface area contributed by atoms with Crippen LogP contribution in [0, 0.1) is 0 Å². The molecule has 0 unspecified atom stereocenters. The summed E-state index contributed by atoms with van der Waals surface area (Å²) in [6, 6.07) is 15.3. The molecule has 0 aliphatic carbocycles. The molecule has 1 heterocycles. The highest BCUT2D eigenvalue weighted by Gasteiger charge is 2.43. The highest BCUT2D eigenvalue weighted by molar-refractivity contribution is 7.89. The fourth-order valence-corrected chi connectivity index (χ4v) is 4.74. The van der Waals surface area contributed by atoms with Crippen molar-refractivity contribution in [1.29, 1.82) is 0 Å². The predicted molar refractivity (Wildman–Crippen MR) is 102 cm³/mol. The molecule has 27 heavy (non-hydrogen) atoms. The van der Waals surface area contributed by atoms with E-state index >= 15 is 0 Å². The van der Waals surface area contributed by atoms with Crippen LogP contribution in [0.3, 0.4) is 0 Å². The molecular formula is C19H23N3O4S. The molecule has 1 saturated heterocycles. The van der Waals surface area contributed by atoms with Crippen LogP contribution in [0.1, 0.15) is 11.7 Å².